The summed E-state index contributed by atoms with van der Waals surface area (Å²) in [6.45, 7) is 4.15. The highest BCUT2D eigenvalue weighted by atomic mass is 15.3. The third kappa shape index (κ3) is 2.15. The van der Waals surface area contributed by atoms with Crippen LogP contribution in [0, 0.1) is 0 Å². The highest BCUT2D eigenvalue weighted by molar-refractivity contribution is 5.30. The maximum atomic E-state index is 4.17. The second-order valence-electron chi connectivity index (χ2n) is 3.42. The molecule has 1 heterocycles. The van der Waals surface area contributed by atoms with Crippen molar-refractivity contribution in [1.82, 2.24) is 15.3 Å². The van der Waals surface area contributed by atoms with Crippen LogP contribution in [0.15, 0.2) is 18.5 Å². The summed E-state index contributed by atoms with van der Waals surface area (Å²) < 4.78 is 0. The van der Waals surface area contributed by atoms with Gasteiger partial charge in [-0.05, 0) is 27.0 Å². The van der Waals surface area contributed by atoms with Crippen molar-refractivity contribution in [3.05, 3.63) is 18.5 Å². The van der Waals surface area contributed by atoms with Crippen LogP contribution < -0.4 is 10.2 Å². The van der Waals surface area contributed by atoms with Crippen LogP contribution in [-0.2, 0) is 0 Å². The lowest BCUT2D eigenvalue weighted by Gasteiger charge is -2.35. The number of nitrogens with zero attached hydrogens (tertiary/aromatic N) is 3. The Labute approximate surface area is 79.0 Å². The summed E-state index contributed by atoms with van der Waals surface area (Å²) in [5.74, 6) is 0.724. The zero-order valence-electron chi connectivity index (χ0n) is 8.57. The average molecular weight is 180 g/mol. The molecule has 1 rings (SSSR count). The second kappa shape index (κ2) is 3.70. The first-order valence-electron chi connectivity index (χ1n) is 4.27. The predicted octanol–water partition coefficient (Wildman–Crippen LogP) is 0.868. The third-order valence-corrected chi connectivity index (χ3v) is 2.30. The van der Waals surface area contributed by atoms with E-state index < -0.39 is 0 Å². The van der Waals surface area contributed by atoms with Crippen LogP contribution in [0.3, 0.4) is 0 Å². The van der Waals surface area contributed by atoms with E-state index in [1.54, 1.807) is 12.4 Å². The van der Waals surface area contributed by atoms with E-state index in [-0.39, 0.29) is 5.66 Å². The van der Waals surface area contributed by atoms with Crippen molar-refractivity contribution in [2.45, 2.75) is 19.5 Å². The Morgan fingerprint density at radius 2 is 1.85 bits per heavy atom. The van der Waals surface area contributed by atoms with Gasteiger partial charge in [-0.15, -0.1) is 0 Å². The number of rotatable bonds is 3. The minimum atomic E-state index is -0.138. The summed E-state index contributed by atoms with van der Waals surface area (Å²) in [6.07, 6.45) is 3.48. The van der Waals surface area contributed by atoms with E-state index >= 15 is 0 Å². The SMILES string of the molecule is CNC(C)(C)N(C)c1ncccn1. The maximum Gasteiger partial charge on any atom is 0.226 e. The molecule has 0 fully saturated rings. The molecule has 0 aromatic carbocycles. The standard InChI is InChI=1S/C9H16N4/c1-9(2,10-3)13(4)8-11-6-5-7-12-8/h5-7,10H,1-4H3. The van der Waals surface area contributed by atoms with Crippen LogP contribution in [-0.4, -0.2) is 29.7 Å². The molecule has 1 N–H and O–H groups in total. The van der Waals surface area contributed by atoms with Gasteiger partial charge in [0.15, 0.2) is 0 Å². The summed E-state index contributed by atoms with van der Waals surface area (Å²) in [7, 11) is 3.88. The highest BCUT2D eigenvalue weighted by Gasteiger charge is 2.22. The number of anilines is 1. The molecule has 0 radical (unpaired) electrons. The molecule has 0 aliphatic heterocycles. The average Bonchev–Trinajstić information content (AvgIpc) is 2.18. The first-order valence-corrected chi connectivity index (χ1v) is 4.27. The van der Waals surface area contributed by atoms with Gasteiger partial charge in [0.25, 0.3) is 0 Å². The smallest absolute Gasteiger partial charge is 0.226 e. The Kier molecular flexibility index (Phi) is 2.83. The molecule has 0 spiro atoms. The van der Waals surface area contributed by atoms with Crippen LogP contribution in [0.2, 0.25) is 0 Å². The summed E-state index contributed by atoms with van der Waals surface area (Å²) in [5.41, 5.74) is -0.138. The molecule has 0 bridgehead atoms. The van der Waals surface area contributed by atoms with E-state index in [9.17, 15) is 0 Å². The van der Waals surface area contributed by atoms with Crippen LogP contribution in [0.4, 0.5) is 5.95 Å². The van der Waals surface area contributed by atoms with Crippen molar-refractivity contribution in [2.24, 2.45) is 0 Å². The first-order chi connectivity index (χ1) is 6.08. The number of aromatic nitrogens is 2. The van der Waals surface area contributed by atoms with E-state index in [4.69, 9.17) is 0 Å². The molecule has 0 amide bonds. The monoisotopic (exact) mass is 180 g/mol. The molecule has 0 atom stereocenters. The predicted molar refractivity (Wildman–Crippen MR) is 53.6 cm³/mol. The van der Waals surface area contributed by atoms with Crippen LogP contribution in [0.5, 0.6) is 0 Å². The topological polar surface area (TPSA) is 41.0 Å². The fraction of sp³-hybridized carbons (Fsp3) is 0.556. The molecule has 0 unspecified atom stereocenters. The Hall–Kier alpha value is -1.16. The molecule has 4 heteroatoms. The third-order valence-electron chi connectivity index (χ3n) is 2.30. The molecule has 0 saturated carbocycles. The van der Waals surface area contributed by atoms with Crippen molar-refractivity contribution in [3.8, 4) is 0 Å². The minimum Gasteiger partial charge on any atom is -0.326 e. The van der Waals surface area contributed by atoms with Crippen molar-refractivity contribution in [2.75, 3.05) is 19.0 Å². The molecular formula is C9H16N4. The molecule has 1 aromatic rings. The summed E-state index contributed by atoms with van der Waals surface area (Å²) in [6, 6.07) is 1.81. The van der Waals surface area contributed by atoms with E-state index in [1.165, 1.54) is 0 Å². The second-order valence-corrected chi connectivity index (χ2v) is 3.42. The van der Waals surface area contributed by atoms with Gasteiger partial charge in [-0.3, -0.25) is 5.32 Å². The normalized spacial score (nSPS) is 11.4. The van der Waals surface area contributed by atoms with Crippen molar-refractivity contribution >= 4 is 5.95 Å². The fourth-order valence-corrected chi connectivity index (χ4v) is 0.882. The molecule has 4 nitrogen and oxygen atoms in total. The quantitative estimate of drug-likeness (QED) is 0.701. The van der Waals surface area contributed by atoms with Gasteiger partial charge >= 0.3 is 0 Å². The molecule has 13 heavy (non-hydrogen) atoms. The summed E-state index contributed by atoms with van der Waals surface area (Å²) >= 11 is 0. The van der Waals surface area contributed by atoms with Gasteiger partial charge in [-0.25, -0.2) is 9.97 Å². The zero-order valence-corrected chi connectivity index (χ0v) is 8.57. The fourth-order valence-electron chi connectivity index (χ4n) is 0.882. The molecule has 1 aromatic heterocycles. The van der Waals surface area contributed by atoms with Gasteiger partial charge in [-0.2, -0.15) is 0 Å². The maximum absolute atomic E-state index is 4.17. The molecule has 0 aliphatic carbocycles. The van der Waals surface area contributed by atoms with Crippen LogP contribution in [0.25, 0.3) is 0 Å². The van der Waals surface area contributed by atoms with Gasteiger partial charge in [0, 0.05) is 19.4 Å². The summed E-state index contributed by atoms with van der Waals surface area (Å²) in [4.78, 5) is 10.3. The highest BCUT2D eigenvalue weighted by Crippen LogP contribution is 2.13. The lowest BCUT2D eigenvalue weighted by Crippen LogP contribution is -2.52. The van der Waals surface area contributed by atoms with Gasteiger partial charge in [0.1, 0.15) is 0 Å². The first kappa shape index (κ1) is 9.92. The van der Waals surface area contributed by atoms with Crippen molar-refractivity contribution in [3.63, 3.8) is 0 Å². The Bertz CT molecular complexity index is 258. The van der Waals surface area contributed by atoms with E-state index in [0.29, 0.717) is 0 Å². The van der Waals surface area contributed by atoms with E-state index in [0.717, 1.165) is 5.95 Å². The molecular weight excluding hydrogens is 164 g/mol. The number of nitrogens with one attached hydrogen (secondary N) is 1. The van der Waals surface area contributed by atoms with E-state index in [2.05, 4.69) is 29.1 Å². The lowest BCUT2D eigenvalue weighted by atomic mass is 10.2. The Morgan fingerprint density at radius 1 is 1.31 bits per heavy atom. The largest absolute Gasteiger partial charge is 0.326 e. The van der Waals surface area contributed by atoms with Crippen LogP contribution >= 0.6 is 0 Å². The molecule has 72 valence electrons. The molecule has 0 aliphatic rings. The summed E-state index contributed by atoms with van der Waals surface area (Å²) in [5, 5.41) is 3.19. The van der Waals surface area contributed by atoms with Gasteiger partial charge in [0.05, 0.1) is 5.66 Å². The number of hydrogen-bond acceptors (Lipinski definition) is 4. The zero-order chi connectivity index (χ0) is 9.90. The number of hydrogen-bond donors (Lipinski definition) is 1. The molecule has 0 saturated heterocycles. The van der Waals surface area contributed by atoms with Gasteiger partial charge in [-0.1, -0.05) is 0 Å². The Morgan fingerprint density at radius 3 is 2.31 bits per heavy atom. The minimum absolute atomic E-state index is 0.138. The van der Waals surface area contributed by atoms with Gasteiger partial charge in [0.2, 0.25) is 5.95 Å². The van der Waals surface area contributed by atoms with E-state index in [1.807, 2.05) is 25.1 Å². The van der Waals surface area contributed by atoms with Gasteiger partial charge < -0.3 is 4.90 Å². The van der Waals surface area contributed by atoms with Crippen molar-refractivity contribution in [1.29, 1.82) is 0 Å². The lowest BCUT2D eigenvalue weighted by molar-refractivity contribution is 0.412. The Balaban J connectivity index is 2.85. The van der Waals surface area contributed by atoms with Crippen LogP contribution in [0.1, 0.15) is 13.8 Å². The van der Waals surface area contributed by atoms with Crippen molar-refractivity contribution < 1.29 is 0 Å².